The summed E-state index contributed by atoms with van der Waals surface area (Å²) >= 11 is 1.25. The first kappa shape index (κ1) is 28.0. The van der Waals surface area contributed by atoms with Gasteiger partial charge in [-0.3, -0.25) is 9.78 Å². The Morgan fingerprint density at radius 1 is 1.08 bits per heavy atom. The van der Waals surface area contributed by atoms with E-state index in [0.717, 1.165) is 6.20 Å². The normalized spacial score (nSPS) is 11.5. The number of imidazole rings is 1. The van der Waals surface area contributed by atoms with Crippen molar-refractivity contribution in [2.75, 3.05) is 13.1 Å². The van der Waals surface area contributed by atoms with Crippen LogP contribution < -0.4 is 5.32 Å². The Morgan fingerprint density at radius 2 is 1.85 bits per heavy atom. The van der Waals surface area contributed by atoms with Crippen molar-refractivity contribution in [2.24, 2.45) is 0 Å². The molecule has 0 saturated carbocycles. The van der Waals surface area contributed by atoms with Crippen molar-refractivity contribution in [3.8, 4) is 0 Å². The van der Waals surface area contributed by atoms with Gasteiger partial charge in [0.2, 0.25) is 0 Å². The van der Waals surface area contributed by atoms with Crippen LogP contribution in [0.15, 0.2) is 35.8 Å². The molecule has 9 nitrogen and oxygen atoms in total. The summed E-state index contributed by atoms with van der Waals surface area (Å²) in [5, 5.41) is 4.68. The number of thiazole rings is 1. The van der Waals surface area contributed by atoms with Gasteiger partial charge in [0, 0.05) is 43.4 Å². The molecular weight excluding hydrogens is 533 g/mol. The number of H-pyrrole nitrogens is 1. The maximum atomic E-state index is 13.8. The highest BCUT2D eigenvalue weighted by Gasteiger charge is 2.23. The molecule has 0 aliphatic heterocycles. The average molecular weight is 561 g/mol. The summed E-state index contributed by atoms with van der Waals surface area (Å²) in [6, 6.07) is 4.98. The first-order chi connectivity index (χ1) is 18.5. The van der Waals surface area contributed by atoms with Crippen LogP contribution in [0.5, 0.6) is 0 Å². The molecule has 39 heavy (non-hydrogen) atoms. The van der Waals surface area contributed by atoms with Gasteiger partial charge in [-0.1, -0.05) is 0 Å². The number of nitrogens with one attached hydrogen (secondary N) is 2. The quantitative estimate of drug-likeness (QED) is 0.305. The van der Waals surface area contributed by atoms with Gasteiger partial charge in [0.1, 0.15) is 34.6 Å². The number of carbonyl (C=O) groups excluding carboxylic acids is 2. The van der Waals surface area contributed by atoms with Crippen molar-refractivity contribution < 1.29 is 27.5 Å². The maximum Gasteiger partial charge on any atom is 0.410 e. The summed E-state index contributed by atoms with van der Waals surface area (Å²) in [7, 11) is 0. The molecule has 0 atom stereocenters. The molecule has 2 amide bonds. The number of amides is 2. The molecule has 0 unspecified atom stereocenters. The summed E-state index contributed by atoms with van der Waals surface area (Å²) < 4.78 is 45.8. The number of hydrogen-bond donors (Lipinski definition) is 2. The van der Waals surface area contributed by atoms with Crippen molar-refractivity contribution in [1.82, 2.24) is 30.2 Å². The monoisotopic (exact) mass is 560 g/mol. The van der Waals surface area contributed by atoms with E-state index in [-0.39, 0.29) is 36.8 Å². The Hall–Kier alpha value is -4.00. The van der Waals surface area contributed by atoms with E-state index in [0.29, 0.717) is 40.8 Å². The Kier molecular flexibility index (Phi) is 8.48. The Morgan fingerprint density at radius 3 is 2.59 bits per heavy atom. The molecule has 4 rings (SSSR count). The first-order valence-corrected chi connectivity index (χ1v) is 13.0. The number of carbonyl (C=O) groups is 2. The van der Waals surface area contributed by atoms with Crippen molar-refractivity contribution in [2.45, 2.75) is 45.8 Å². The van der Waals surface area contributed by atoms with Crippen LogP contribution in [-0.4, -0.2) is 55.5 Å². The molecule has 4 aromatic rings. The van der Waals surface area contributed by atoms with E-state index >= 15 is 0 Å². The number of fused-ring (bicyclic) bond motifs is 1. The van der Waals surface area contributed by atoms with E-state index in [1.165, 1.54) is 28.4 Å². The van der Waals surface area contributed by atoms with Crippen molar-refractivity contribution in [3.63, 3.8) is 0 Å². The fraction of sp³-hybridized carbons (Fsp3) is 0.346. The van der Waals surface area contributed by atoms with Crippen LogP contribution in [0.25, 0.3) is 11.0 Å². The van der Waals surface area contributed by atoms with Crippen LogP contribution in [0.2, 0.25) is 0 Å². The van der Waals surface area contributed by atoms with Crippen LogP contribution >= 0.6 is 11.3 Å². The van der Waals surface area contributed by atoms with Crippen LogP contribution in [0.1, 0.15) is 47.8 Å². The molecule has 2 N–H and O–H groups in total. The standard InChI is InChI=1S/C26H27F3N6O3S/c1-26(2,3)38-25(37)35(8-6-22-32-18-5-4-15(27)11-19(18)33-22)9-7-23-34-21(14-39-23)24(36)31-13-20-17(29)10-16(28)12-30-20/h4-5,10-12,14H,6-9,13H2,1-3H3,(H,31,36)(H,32,33). The number of pyridine rings is 1. The average Bonchev–Trinajstić information content (AvgIpc) is 3.49. The number of halogens is 3. The van der Waals surface area contributed by atoms with Crippen molar-refractivity contribution in [3.05, 3.63) is 75.5 Å². The summed E-state index contributed by atoms with van der Waals surface area (Å²) in [5.41, 5.74) is 0.540. The van der Waals surface area contributed by atoms with Crippen LogP contribution in [0, 0.1) is 17.5 Å². The number of ether oxygens (including phenoxy) is 1. The fourth-order valence-corrected chi connectivity index (χ4v) is 4.37. The number of aromatic nitrogens is 4. The van der Waals surface area contributed by atoms with Gasteiger partial charge in [0.05, 0.1) is 34.5 Å². The smallest absolute Gasteiger partial charge is 0.410 e. The van der Waals surface area contributed by atoms with E-state index in [1.54, 1.807) is 32.2 Å². The van der Waals surface area contributed by atoms with Crippen molar-refractivity contribution in [1.29, 1.82) is 0 Å². The van der Waals surface area contributed by atoms with Crippen LogP contribution in [-0.2, 0) is 24.1 Å². The maximum absolute atomic E-state index is 13.8. The molecule has 0 bridgehead atoms. The lowest BCUT2D eigenvalue weighted by Gasteiger charge is -2.27. The predicted octanol–water partition coefficient (Wildman–Crippen LogP) is 4.78. The molecule has 3 heterocycles. The third kappa shape index (κ3) is 7.76. The summed E-state index contributed by atoms with van der Waals surface area (Å²) in [5.74, 6) is -1.98. The fourth-order valence-electron chi connectivity index (χ4n) is 3.60. The molecule has 206 valence electrons. The van der Waals surface area contributed by atoms with Gasteiger partial charge in [0.25, 0.3) is 5.91 Å². The topological polar surface area (TPSA) is 113 Å². The Balaban J connectivity index is 1.37. The number of hydrogen-bond acceptors (Lipinski definition) is 7. The van der Waals surface area contributed by atoms with Gasteiger partial charge < -0.3 is 19.9 Å². The van der Waals surface area contributed by atoms with Gasteiger partial charge in [0.15, 0.2) is 0 Å². The number of nitrogens with zero attached hydrogens (tertiary/aromatic N) is 4. The molecule has 3 aromatic heterocycles. The molecular formula is C26H27F3N6O3S. The lowest BCUT2D eigenvalue weighted by Crippen LogP contribution is -2.39. The second-order valence-corrected chi connectivity index (χ2v) is 10.6. The minimum Gasteiger partial charge on any atom is -0.444 e. The molecule has 1 aromatic carbocycles. The SMILES string of the molecule is CC(C)(C)OC(=O)N(CCc1nc2cc(F)ccc2[nH]1)CCc1nc(C(=O)NCc2ncc(F)cc2F)cs1. The van der Waals surface area contributed by atoms with E-state index in [9.17, 15) is 22.8 Å². The van der Waals surface area contributed by atoms with Crippen molar-refractivity contribution >= 4 is 34.4 Å². The molecule has 0 aliphatic rings. The summed E-state index contributed by atoms with van der Waals surface area (Å²) in [6.45, 7) is 5.65. The van der Waals surface area contributed by atoms with Crippen LogP contribution in [0.3, 0.4) is 0 Å². The molecule has 0 spiro atoms. The van der Waals surface area contributed by atoms with Gasteiger partial charge >= 0.3 is 6.09 Å². The zero-order valence-corrected chi connectivity index (χ0v) is 22.4. The summed E-state index contributed by atoms with van der Waals surface area (Å²) in [6.07, 6.45) is 1.11. The third-order valence-corrected chi connectivity index (χ3v) is 6.35. The third-order valence-electron chi connectivity index (χ3n) is 5.44. The highest BCUT2D eigenvalue weighted by atomic mass is 32.1. The summed E-state index contributed by atoms with van der Waals surface area (Å²) in [4.78, 5) is 42.4. The van der Waals surface area contributed by atoms with Gasteiger partial charge in [-0.25, -0.2) is 27.9 Å². The van der Waals surface area contributed by atoms with Gasteiger partial charge in [-0.2, -0.15) is 0 Å². The zero-order chi connectivity index (χ0) is 28.2. The second-order valence-electron chi connectivity index (χ2n) is 9.70. The zero-order valence-electron chi connectivity index (χ0n) is 21.6. The second kappa shape index (κ2) is 11.8. The minimum atomic E-state index is -0.855. The number of benzene rings is 1. The molecule has 0 aliphatic carbocycles. The number of aromatic amines is 1. The highest BCUT2D eigenvalue weighted by Crippen LogP contribution is 2.16. The van der Waals surface area contributed by atoms with E-state index in [4.69, 9.17) is 4.74 Å². The predicted molar refractivity (Wildman–Crippen MR) is 139 cm³/mol. The molecule has 0 saturated heterocycles. The van der Waals surface area contributed by atoms with E-state index < -0.39 is 29.2 Å². The van der Waals surface area contributed by atoms with Crippen LogP contribution in [0.4, 0.5) is 18.0 Å². The minimum absolute atomic E-state index is 0.0946. The molecule has 13 heteroatoms. The Bertz CT molecular complexity index is 1480. The highest BCUT2D eigenvalue weighted by molar-refractivity contribution is 7.09. The van der Waals surface area contributed by atoms with E-state index in [2.05, 4.69) is 25.3 Å². The molecule has 0 fully saturated rings. The largest absolute Gasteiger partial charge is 0.444 e. The lowest BCUT2D eigenvalue weighted by atomic mass is 10.2. The number of rotatable bonds is 9. The lowest BCUT2D eigenvalue weighted by molar-refractivity contribution is 0.0253. The first-order valence-electron chi connectivity index (χ1n) is 12.1. The van der Waals surface area contributed by atoms with Gasteiger partial charge in [-0.05, 0) is 32.9 Å². The van der Waals surface area contributed by atoms with Gasteiger partial charge in [-0.15, -0.1) is 11.3 Å². The molecule has 0 radical (unpaired) electrons. The van der Waals surface area contributed by atoms with E-state index in [1.807, 2.05) is 0 Å². The Labute approximate surface area is 226 Å².